The Kier molecular flexibility index (Phi) is 5.21. The van der Waals surface area contributed by atoms with E-state index in [0.717, 1.165) is 24.4 Å². The summed E-state index contributed by atoms with van der Waals surface area (Å²) >= 11 is 6.40. The third kappa shape index (κ3) is 3.81. The number of hydrogen-bond donors (Lipinski definition) is 0. The monoisotopic (exact) mass is 305 g/mol. The molecule has 1 fully saturated rings. The lowest BCUT2D eigenvalue weighted by atomic mass is 9.83. The normalized spacial score (nSPS) is 23.9. The van der Waals surface area contributed by atoms with Gasteiger partial charge in [0.05, 0.1) is 11.1 Å². The maximum absolute atomic E-state index is 6.40. The van der Waals surface area contributed by atoms with Crippen molar-refractivity contribution < 1.29 is 4.84 Å². The summed E-state index contributed by atoms with van der Waals surface area (Å²) in [6.07, 6.45) is 10.6. The minimum Gasteiger partial charge on any atom is -0.412 e. The summed E-state index contributed by atoms with van der Waals surface area (Å²) in [5.74, 6) is 0.668. The fourth-order valence-corrected chi connectivity index (χ4v) is 3.90. The predicted molar refractivity (Wildman–Crippen MR) is 86.9 cm³/mol. The summed E-state index contributed by atoms with van der Waals surface area (Å²) in [6, 6.07) is 10.9. The third-order valence-corrected chi connectivity index (χ3v) is 4.99. The molecular formula is C18H24ClNO. The van der Waals surface area contributed by atoms with Crippen LogP contribution in [0.3, 0.4) is 0 Å². The van der Waals surface area contributed by atoms with E-state index in [0.29, 0.717) is 12.0 Å². The van der Waals surface area contributed by atoms with Crippen molar-refractivity contribution in [1.82, 2.24) is 5.06 Å². The molecule has 1 aliphatic heterocycles. The van der Waals surface area contributed by atoms with E-state index in [4.69, 9.17) is 16.4 Å². The van der Waals surface area contributed by atoms with Crippen LogP contribution in [0, 0.1) is 5.92 Å². The first-order chi connectivity index (χ1) is 10.3. The molecule has 1 saturated carbocycles. The smallest absolute Gasteiger partial charge is 0.127 e. The number of halogens is 1. The fraction of sp³-hybridized carbons (Fsp3) is 0.556. The zero-order chi connectivity index (χ0) is 14.5. The van der Waals surface area contributed by atoms with Gasteiger partial charge in [-0.25, -0.2) is 0 Å². The van der Waals surface area contributed by atoms with Crippen LogP contribution in [-0.4, -0.2) is 17.6 Å². The first kappa shape index (κ1) is 14.9. The topological polar surface area (TPSA) is 12.5 Å². The molecule has 0 bridgehead atoms. The van der Waals surface area contributed by atoms with Crippen molar-refractivity contribution in [2.45, 2.75) is 51.0 Å². The molecule has 3 rings (SSSR count). The van der Waals surface area contributed by atoms with Crippen molar-refractivity contribution in [3.63, 3.8) is 0 Å². The van der Waals surface area contributed by atoms with Crippen molar-refractivity contribution >= 4 is 11.6 Å². The number of aryl methyl sites for hydroxylation is 1. The van der Waals surface area contributed by atoms with Gasteiger partial charge in [0.2, 0.25) is 0 Å². The molecule has 0 amide bonds. The minimum absolute atomic E-state index is 0.294. The highest BCUT2D eigenvalue weighted by Crippen LogP contribution is 2.37. The molecule has 1 atom stereocenters. The van der Waals surface area contributed by atoms with Crippen LogP contribution >= 0.6 is 11.6 Å². The van der Waals surface area contributed by atoms with E-state index in [-0.39, 0.29) is 0 Å². The molecule has 1 aromatic carbocycles. The van der Waals surface area contributed by atoms with Gasteiger partial charge < -0.3 is 4.84 Å². The molecule has 1 aliphatic carbocycles. The van der Waals surface area contributed by atoms with Crippen LogP contribution in [0.15, 0.2) is 41.6 Å². The van der Waals surface area contributed by atoms with Gasteiger partial charge in [0.15, 0.2) is 0 Å². The quantitative estimate of drug-likeness (QED) is 0.767. The lowest BCUT2D eigenvalue weighted by Crippen LogP contribution is -2.38. The second-order valence-electron chi connectivity index (χ2n) is 6.18. The first-order valence-electron chi connectivity index (χ1n) is 8.17. The maximum Gasteiger partial charge on any atom is 0.127 e. The Morgan fingerprint density at radius 3 is 2.62 bits per heavy atom. The summed E-state index contributed by atoms with van der Waals surface area (Å²) < 4.78 is 0. The number of rotatable bonds is 5. The molecule has 1 heterocycles. The van der Waals surface area contributed by atoms with Crippen molar-refractivity contribution in [1.29, 1.82) is 0 Å². The van der Waals surface area contributed by atoms with Crippen LogP contribution in [0.1, 0.15) is 44.1 Å². The van der Waals surface area contributed by atoms with Gasteiger partial charge in [0.1, 0.15) is 6.26 Å². The van der Waals surface area contributed by atoms with Crippen molar-refractivity contribution in [2.24, 2.45) is 5.92 Å². The molecule has 0 spiro atoms. The minimum atomic E-state index is 0.294. The van der Waals surface area contributed by atoms with E-state index in [1.807, 2.05) is 0 Å². The SMILES string of the molecule is ClC1=CON(CCCc2ccccc2)C1C1CCCCC1. The van der Waals surface area contributed by atoms with Crippen LogP contribution in [0.25, 0.3) is 0 Å². The molecule has 114 valence electrons. The zero-order valence-electron chi connectivity index (χ0n) is 12.5. The van der Waals surface area contributed by atoms with Gasteiger partial charge in [0.25, 0.3) is 0 Å². The van der Waals surface area contributed by atoms with E-state index in [9.17, 15) is 0 Å². The maximum atomic E-state index is 6.40. The molecule has 0 radical (unpaired) electrons. The number of benzene rings is 1. The Labute approximate surface area is 132 Å². The fourth-order valence-electron chi connectivity index (χ4n) is 3.58. The number of hydroxylamine groups is 2. The molecule has 2 nitrogen and oxygen atoms in total. The van der Waals surface area contributed by atoms with E-state index >= 15 is 0 Å². The molecule has 0 saturated heterocycles. The summed E-state index contributed by atoms with van der Waals surface area (Å²) in [4.78, 5) is 5.71. The van der Waals surface area contributed by atoms with E-state index in [2.05, 4.69) is 35.4 Å². The van der Waals surface area contributed by atoms with Crippen molar-refractivity contribution in [3.05, 3.63) is 47.2 Å². The molecule has 0 N–H and O–H groups in total. The van der Waals surface area contributed by atoms with Crippen molar-refractivity contribution in [3.8, 4) is 0 Å². The molecule has 1 aromatic rings. The second-order valence-corrected chi connectivity index (χ2v) is 6.62. The van der Waals surface area contributed by atoms with Crippen LogP contribution in [0.4, 0.5) is 0 Å². The van der Waals surface area contributed by atoms with Gasteiger partial charge >= 0.3 is 0 Å². The average Bonchev–Trinajstić information content (AvgIpc) is 2.90. The van der Waals surface area contributed by atoms with Crippen LogP contribution < -0.4 is 0 Å². The Morgan fingerprint density at radius 1 is 1.10 bits per heavy atom. The van der Waals surface area contributed by atoms with Crippen LogP contribution in [0.5, 0.6) is 0 Å². The molecule has 3 heteroatoms. The summed E-state index contributed by atoms with van der Waals surface area (Å²) in [6.45, 7) is 0.947. The van der Waals surface area contributed by atoms with Gasteiger partial charge in [-0.3, -0.25) is 0 Å². The molecule has 21 heavy (non-hydrogen) atoms. The lowest BCUT2D eigenvalue weighted by Gasteiger charge is -2.32. The van der Waals surface area contributed by atoms with Crippen molar-refractivity contribution in [2.75, 3.05) is 6.54 Å². The molecular weight excluding hydrogens is 282 g/mol. The summed E-state index contributed by atoms with van der Waals surface area (Å²) in [5, 5.41) is 3.00. The highest BCUT2D eigenvalue weighted by Gasteiger charge is 2.35. The Hall–Kier alpha value is -0.990. The molecule has 1 unspecified atom stereocenters. The first-order valence-corrected chi connectivity index (χ1v) is 8.55. The zero-order valence-corrected chi connectivity index (χ0v) is 13.3. The standard InChI is InChI=1S/C18H24ClNO/c19-17-14-21-20(18(17)16-11-5-2-6-12-16)13-7-10-15-8-3-1-4-9-15/h1,3-4,8-9,14,16,18H,2,5-7,10-13H2. The lowest BCUT2D eigenvalue weighted by molar-refractivity contribution is -0.119. The van der Waals surface area contributed by atoms with Gasteiger partial charge in [-0.05, 0) is 37.2 Å². The summed E-state index contributed by atoms with van der Waals surface area (Å²) in [7, 11) is 0. The van der Waals surface area contributed by atoms with E-state index in [1.165, 1.54) is 37.7 Å². The Bertz CT molecular complexity index is 467. The Balaban J connectivity index is 1.52. The largest absolute Gasteiger partial charge is 0.412 e. The summed E-state index contributed by atoms with van der Waals surface area (Å²) in [5.41, 5.74) is 1.39. The second kappa shape index (κ2) is 7.33. The average molecular weight is 306 g/mol. The van der Waals surface area contributed by atoms with Gasteiger partial charge in [0, 0.05) is 6.54 Å². The highest BCUT2D eigenvalue weighted by molar-refractivity contribution is 6.30. The Morgan fingerprint density at radius 2 is 1.86 bits per heavy atom. The molecule has 2 aliphatic rings. The van der Waals surface area contributed by atoms with Gasteiger partial charge in [-0.2, -0.15) is 0 Å². The van der Waals surface area contributed by atoms with E-state index in [1.54, 1.807) is 6.26 Å². The number of nitrogens with zero attached hydrogens (tertiary/aromatic N) is 1. The van der Waals surface area contributed by atoms with Crippen LogP contribution in [-0.2, 0) is 11.3 Å². The van der Waals surface area contributed by atoms with Gasteiger partial charge in [-0.1, -0.05) is 61.2 Å². The number of hydrogen-bond acceptors (Lipinski definition) is 2. The highest BCUT2D eigenvalue weighted by atomic mass is 35.5. The predicted octanol–water partition coefficient (Wildman–Crippen LogP) is 4.90. The third-order valence-electron chi connectivity index (χ3n) is 4.68. The molecule has 0 aromatic heterocycles. The van der Waals surface area contributed by atoms with E-state index < -0.39 is 0 Å². The van der Waals surface area contributed by atoms with Gasteiger partial charge in [-0.15, -0.1) is 5.06 Å². The van der Waals surface area contributed by atoms with Crippen LogP contribution in [0.2, 0.25) is 0 Å².